The zero-order chi connectivity index (χ0) is 20.0. The normalized spacial score (nSPS) is 17.4. The molecule has 1 saturated heterocycles. The van der Waals surface area contributed by atoms with Crippen molar-refractivity contribution in [1.82, 2.24) is 20.3 Å². The highest BCUT2D eigenvalue weighted by molar-refractivity contribution is 7.70. The first-order valence-corrected chi connectivity index (χ1v) is 13.4. The molecular formula is C21H24N5OPS. The van der Waals surface area contributed by atoms with Crippen LogP contribution in [0.1, 0.15) is 12.8 Å². The maximum atomic E-state index is 12.8. The minimum Gasteiger partial charge on any atom is -0.360 e. The van der Waals surface area contributed by atoms with E-state index >= 15 is 0 Å². The number of hydrogen-bond donors (Lipinski definition) is 3. The number of H-pyrrole nitrogens is 1. The van der Waals surface area contributed by atoms with Gasteiger partial charge in [0, 0.05) is 35.0 Å². The molecule has 1 fully saturated rings. The first-order chi connectivity index (χ1) is 14.0. The predicted octanol–water partition coefficient (Wildman–Crippen LogP) is 4.25. The molecule has 3 aromatic heterocycles. The summed E-state index contributed by atoms with van der Waals surface area (Å²) in [6, 6.07) is 8.51. The van der Waals surface area contributed by atoms with Crippen LogP contribution >= 0.6 is 18.5 Å². The van der Waals surface area contributed by atoms with Crippen LogP contribution in [0, 0.1) is 0 Å². The zero-order valence-corrected chi connectivity index (χ0v) is 18.2. The van der Waals surface area contributed by atoms with Crippen LogP contribution in [0.2, 0.25) is 0 Å². The van der Waals surface area contributed by atoms with E-state index in [4.69, 9.17) is 9.97 Å². The van der Waals surface area contributed by atoms with Crippen molar-refractivity contribution < 1.29 is 4.57 Å². The van der Waals surface area contributed by atoms with Gasteiger partial charge < -0.3 is 20.2 Å². The third kappa shape index (κ3) is 3.48. The van der Waals surface area contributed by atoms with Crippen LogP contribution in [-0.2, 0) is 4.57 Å². The molecule has 150 valence electrons. The number of thiophene rings is 1. The molecule has 29 heavy (non-hydrogen) atoms. The van der Waals surface area contributed by atoms with Crippen LogP contribution in [0.5, 0.6) is 0 Å². The van der Waals surface area contributed by atoms with Gasteiger partial charge in [0.15, 0.2) is 0 Å². The summed E-state index contributed by atoms with van der Waals surface area (Å²) in [7, 11) is -2.39. The van der Waals surface area contributed by atoms with Gasteiger partial charge in [0.05, 0.1) is 21.4 Å². The lowest BCUT2D eigenvalue weighted by Gasteiger charge is -2.12. The highest BCUT2D eigenvalue weighted by atomic mass is 32.1. The number of aromatic amines is 1. The van der Waals surface area contributed by atoms with Crippen molar-refractivity contribution in [3.05, 3.63) is 35.8 Å². The third-order valence-corrected chi connectivity index (χ3v) is 7.94. The van der Waals surface area contributed by atoms with Crippen LogP contribution in [0.4, 0.5) is 5.95 Å². The second-order valence-corrected chi connectivity index (χ2v) is 12.1. The molecule has 0 amide bonds. The number of benzene rings is 1. The second-order valence-electron chi connectivity index (χ2n) is 7.96. The quantitative estimate of drug-likeness (QED) is 0.417. The summed E-state index contributed by atoms with van der Waals surface area (Å²) in [4.78, 5) is 13.0. The number of hydrogen-bond acceptors (Lipinski definition) is 6. The van der Waals surface area contributed by atoms with E-state index in [1.54, 1.807) is 11.3 Å². The van der Waals surface area contributed by atoms with Crippen LogP contribution < -0.4 is 15.9 Å². The van der Waals surface area contributed by atoms with Crippen LogP contribution in [0.3, 0.4) is 0 Å². The topological polar surface area (TPSA) is 82.7 Å². The Morgan fingerprint density at radius 2 is 2.17 bits per heavy atom. The molecule has 8 heteroatoms. The molecule has 0 spiro atoms. The monoisotopic (exact) mass is 425 g/mol. The van der Waals surface area contributed by atoms with Gasteiger partial charge in [-0.2, -0.15) is 0 Å². The highest BCUT2D eigenvalue weighted by Crippen LogP contribution is 2.40. The Balaban J connectivity index is 1.61. The summed E-state index contributed by atoms with van der Waals surface area (Å²) < 4.78 is 13.8. The van der Waals surface area contributed by atoms with Gasteiger partial charge in [0.25, 0.3) is 0 Å². The molecule has 6 nitrogen and oxygen atoms in total. The summed E-state index contributed by atoms with van der Waals surface area (Å²) in [5.74, 6) is 0.654. The molecule has 0 saturated carbocycles. The molecule has 4 aromatic rings. The average Bonchev–Trinajstić information content (AvgIpc) is 3.44. The first-order valence-electron chi connectivity index (χ1n) is 9.89. The van der Waals surface area contributed by atoms with Crippen molar-refractivity contribution in [2.24, 2.45) is 0 Å². The van der Waals surface area contributed by atoms with Crippen molar-refractivity contribution >= 4 is 50.9 Å². The predicted molar refractivity (Wildman–Crippen MR) is 123 cm³/mol. The van der Waals surface area contributed by atoms with Crippen LogP contribution in [0.25, 0.3) is 32.4 Å². The van der Waals surface area contributed by atoms with Gasteiger partial charge >= 0.3 is 0 Å². The molecule has 0 aliphatic carbocycles. The van der Waals surface area contributed by atoms with E-state index in [1.807, 2.05) is 37.7 Å². The molecule has 0 radical (unpaired) electrons. The Morgan fingerprint density at radius 3 is 2.97 bits per heavy atom. The van der Waals surface area contributed by atoms with Crippen LogP contribution in [0.15, 0.2) is 35.8 Å². The molecule has 0 bridgehead atoms. The number of nitrogens with one attached hydrogen (secondary N) is 3. The Labute approximate surface area is 173 Å². The average molecular weight is 425 g/mol. The van der Waals surface area contributed by atoms with Crippen molar-refractivity contribution in [2.75, 3.05) is 31.7 Å². The second kappa shape index (κ2) is 7.24. The fourth-order valence-electron chi connectivity index (χ4n) is 4.05. The molecule has 3 N–H and O–H groups in total. The van der Waals surface area contributed by atoms with Gasteiger partial charge in [-0.3, -0.25) is 0 Å². The Morgan fingerprint density at radius 1 is 1.28 bits per heavy atom. The maximum Gasteiger partial charge on any atom is 0.223 e. The van der Waals surface area contributed by atoms with E-state index in [-0.39, 0.29) is 0 Å². The first kappa shape index (κ1) is 18.8. The van der Waals surface area contributed by atoms with Gasteiger partial charge in [-0.15, -0.1) is 11.3 Å². The zero-order valence-electron chi connectivity index (χ0n) is 16.5. The minimum absolute atomic E-state index is 0.471. The van der Waals surface area contributed by atoms with E-state index in [1.165, 1.54) is 12.8 Å². The molecule has 1 aromatic carbocycles. The molecule has 0 unspecified atom stereocenters. The Bertz CT molecular complexity index is 1230. The maximum absolute atomic E-state index is 12.8. The van der Waals surface area contributed by atoms with Crippen molar-refractivity contribution in [3.8, 4) is 11.3 Å². The summed E-state index contributed by atoms with van der Waals surface area (Å²) in [6.07, 6.45) is 4.38. The number of nitrogens with zero attached hydrogens (tertiary/aromatic N) is 2. The van der Waals surface area contributed by atoms with Crippen molar-refractivity contribution in [1.29, 1.82) is 0 Å². The fourth-order valence-corrected chi connectivity index (χ4v) is 6.06. The Hall–Kier alpha value is -2.21. The minimum atomic E-state index is -2.39. The van der Waals surface area contributed by atoms with E-state index in [9.17, 15) is 4.57 Å². The van der Waals surface area contributed by atoms with Gasteiger partial charge in [0.2, 0.25) is 5.95 Å². The van der Waals surface area contributed by atoms with E-state index < -0.39 is 7.14 Å². The molecule has 5 rings (SSSR count). The third-order valence-electron chi connectivity index (χ3n) is 5.50. The van der Waals surface area contributed by atoms with E-state index in [0.29, 0.717) is 12.0 Å². The smallest absolute Gasteiger partial charge is 0.223 e. The SMILES string of the molecule is CP(C)(=O)c1cccc2c(-c3nc(NC[C@H]4CCCN4)nc4ccsc34)c[nH]c12. The van der Waals surface area contributed by atoms with E-state index in [0.717, 1.165) is 50.8 Å². The Kier molecular flexibility index (Phi) is 4.69. The van der Waals surface area contributed by atoms with Crippen molar-refractivity contribution in [2.45, 2.75) is 18.9 Å². The number of aromatic nitrogens is 3. The fraction of sp³-hybridized carbons (Fsp3) is 0.333. The molecular weight excluding hydrogens is 401 g/mol. The lowest BCUT2D eigenvalue weighted by atomic mass is 10.1. The summed E-state index contributed by atoms with van der Waals surface area (Å²) in [5.41, 5.74) is 3.82. The number of anilines is 1. The number of fused-ring (bicyclic) bond motifs is 2. The standard InChI is InChI=1S/C21H24N5OPS/c1-28(2,27)17-7-3-6-14-15(12-23-18(14)17)19-20-16(8-10-29-20)25-21(26-19)24-11-13-5-4-9-22-13/h3,6-8,10,12-13,22-23H,4-5,9,11H2,1-2H3,(H,24,25,26)/t13-/m1/s1. The molecule has 1 aliphatic heterocycles. The van der Waals surface area contributed by atoms with Gasteiger partial charge in [-0.05, 0) is 50.2 Å². The lowest BCUT2D eigenvalue weighted by molar-refractivity contribution is 0.588. The van der Waals surface area contributed by atoms with Gasteiger partial charge in [0.1, 0.15) is 7.14 Å². The lowest BCUT2D eigenvalue weighted by Crippen LogP contribution is -2.29. The largest absolute Gasteiger partial charge is 0.360 e. The van der Waals surface area contributed by atoms with Gasteiger partial charge in [-0.1, -0.05) is 12.1 Å². The van der Waals surface area contributed by atoms with Crippen LogP contribution in [-0.4, -0.2) is 47.4 Å². The molecule has 1 atom stereocenters. The summed E-state index contributed by atoms with van der Waals surface area (Å²) in [6.45, 7) is 5.52. The van der Waals surface area contributed by atoms with Crippen molar-refractivity contribution in [3.63, 3.8) is 0 Å². The molecule has 4 heterocycles. The summed E-state index contributed by atoms with van der Waals surface area (Å²) >= 11 is 1.65. The van der Waals surface area contributed by atoms with Gasteiger partial charge in [-0.25, -0.2) is 9.97 Å². The number of para-hydroxylation sites is 1. The molecule has 1 aliphatic rings. The number of rotatable bonds is 5. The summed E-state index contributed by atoms with van der Waals surface area (Å²) in [5, 5.41) is 10.9. The highest BCUT2D eigenvalue weighted by Gasteiger charge is 2.20. The van der Waals surface area contributed by atoms with E-state index in [2.05, 4.69) is 27.1 Å².